The maximum absolute atomic E-state index is 12.8. The number of hydrogen-bond acceptors (Lipinski definition) is 4. The fraction of sp³-hybridized carbons (Fsp3) is 0.632. The molecule has 1 aromatic rings. The fourth-order valence-corrected chi connectivity index (χ4v) is 4.07. The molecule has 0 aliphatic carbocycles. The van der Waals surface area contributed by atoms with Gasteiger partial charge in [0.15, 0.2) is 0 Å². The van der Waals surface area contributed by atoms with Gasteiger partial charge in [0.1, 0.15) is 5.75 Å². The Hall–Kier alpha value is -1.59. The van der Waals surface area contributed by atoms with Crippen LogP contribution >= 0.6 is 0 Å². The van der Waals surface area contributed by atoms with Crippen LogP contribution in [-0.4, -0.2) is 57.4 Å². The standard InChI is InChI=1S/C19H27NO4/c1-22-14-19-8-4-10-24-17(19)7-9-20(13-19)18(21)12-15-5-3-6-16(11-15)23-2/h3,5-6,11,17H,4,7-10,12-14H2,1-2H3/t17-,19-/m1/s1. The Labute approximate surface area is 143 Å². The number of fused-ring (bicyclic) bond motifs is 1. The third-order valence-electron chi connectivity index (χ3n) is 5.26. The number of benzene rings is 1. The minimum absolute atomic E-state index is 0.0463. The van der Waals surface area contributed by atoms with E-state index in [1.165, 1.54) is 0 Å². The Morgan fingerprint density at radius 2 is 2.29 bits per heavy atom. The first kappa shape index (κ1) is 17.2. The molecular weight excluding hydrogens is 306 g/mol. The van der Waals surface area contributed by atoms with E-state index in [-0.39, 0.29) is 17.4 Å². The van der Waals surface area contributed by atoms with Crippen molar-refractivity contribution >= 4 is 5.91 Å². The van der Waals surface area contributed by atoms with E-state index in [0.717, 1.165) is 50.3 Å². The van der Waals surface area contributed by atoms with Crippen molar-refractivity contribution in [2.45, 2.75) is 31.8 Å². The van der Waals surface area contributed by atoms with Crippen LogP contribution in [0.3, 0.4) is 0 Å². The Morgan fingerprint density at radius 1 is 1.42 bits per heavy atom. The molecule has 0 bridgehead atoms. The van der Waals surface area contributed by atoms with Crippen LogP contribution in [0.2, 0.25) is 0 Å². The lowest BCUT2D eigenvalue weighted by Gasteiger charge is -2.50. The predicted molar refractivity (Wildman–Crippen MR) is 91.2 cm³/mol. The van der Waals surface area contributed by atoms with Crippen molar-refractivity contribution in [3.8, 4) is 5.75 Å². The van der Waals surface area contributed by atoms with Gasteiger partial charge in [-0.3, -0.25) is 4.79 Å². The van der Waals surface area contributed by atoms with Crippen LogP contribution < -0.4 is 4.74 Å². The highest BCUT2D eigenvalue weighted by Crippen LogP contribution is 2.40. The first-order valence-corrected chi connectivity index (χ1v) is 8.68. The van der Waals surface area contributed by atoms with Crippen molar-refractivity contribution in [3.05, 3.63) is 29.8 Å². The Kier molecular flexibility index (Phi) is 5.41. The minimum Gasteiger partial charge on any atom is -0.497 e. The molecule has 0 radical (unpaired) electrons. The molecule has 24 heavy (non-hydrogen) atoms. The number of amides is 1. The number of carbonyl (C=O) groups excluding carboxylic acids is 1. The summed E-state index contributed by atoms with van der Waals surface area (Å²) in [5.41, 5.74) is 0.942. The third-order valence-corrected chi connectivity index (χ3v) is 5.26. The summed E-state index contributed by atoms with van der Waals surface area (Å²) >= 11 is 0. The van der Waals surface area contributed by atoms with Crippen LogP contribution in [0, 0.1) is 5.41 Å². The van der Waals surface area contributed by atoms with E-state index in [9.17, 15) is 4.79 Å². The topological polar surface area (TPSA) is 48.0 Å². The summed E-state index contributed by atoms with van der Waals surface area (Å²) in [4.78, 5) is 14.8. The molecule has 2 saturated heterocycles. The van der Waals surface area contributed by atoms with Crippen molar-refractivity contribution in [1.29, 1.82) is 0 Å². The van der Waals surface area contributed by atoms with Crippen LogP contribution in [0.4, 0.5) is 0 Å². The molecule has 132 valence electrons. The molecule has 2 fully saturated rings. The molecule has 5 nitrogen and oxygen atoms in total. The van der Waals surface area contributed by atoms with Gasteiger partial charge in [-0.25, -0.2) is 0 Å². The second-order valence-corrected chi connectivity index (χ2v) is 6.89. The SMILES string of the molecule is COC[C@]12CCCO[C@@H]1CCN(C(=O)Cc1cccc(OC)c1)C2. The second-order valence-electron chi connectivity index (χ2n) is 6.89. The molecular formula is C19H27NO4. The molecule has 2 aliphatic heterocycles. The number of hydrogen-bond donors (Lipinski definition) is 0. The first-order chi connectivity index (χ1) is 11.7. The van der Waals surface area contributed by atoms with Gasteiger partial charge in [-0.2, -0.15) is 0 Å². The molecule has 0 saturated carbocycles. The van der Waals surface area contributed by atoms with Crippen LogP contribution in [0.15, 0.2) is 24.3 Å². The zero-order chi connectivity index (χ0) is 17.0. The Bertz CT molecular complexity index is 572. The highest BCUT2D eigenvalue weighted by Gasteiger charge is 2.46. The largest absolute Gasteiger partial charge is 0.497 e. The first-order valence-electron chi connectivity index (χ1n) is 8.68. The van der Waals surface area contributed by atoms with Gasteiger partial charge in [0.25, 0.3) is 0 Å². The fourth-order valence-electron chi connectivity index (χ4n) is 4.07. The summed E-state index contributed by atoms with van der Waals surface area (Å²) in [5, 5.41) is 0. The Balaban J connectivity index is 1.68. The molecule has 0 spiro atoms. The minimum atomic E-state index is -0.0463. The monoisotopic (exact) mass is 333 g/mol. The molecule has 0 aromatic heterocycles. The van der Waals surface area contributed by atoms with Crippen molar-refractivity contribution < 1.29 is 19.0 Å². The van der Waals surface area contributed by atoms with Crippen LogP contribution in [-0.2, 0) is 20.7 Å². The Morgan fingerprint density at radius 3 is 3.08 bits per heavy atom. The van der Waals surface area contributed by atoms with Crippen molar-refractivity contribution in [3.63, 3.8) is 0 Å². The number of ether oxygens (including phenoxy) is 3. The normalized spacial score (nSPS) is 26.8. The summed E-state index contributed by atoms with van der Waals surface area (Å²) in [5.74, 6) is 0.957. The number of piperidine rings is 1. The van der Waals surface area contributed by atoms with E-state index in [0.29, 0.717) is 13.0 Å². The number of methoxy groups -OCH3 is 2. The zero-order valence-electron chi connectivity index (χ0n) is 14.6. The van der Waals surface area contributed by atoms with Gasteiger partial charge in [-0.05, 0) is 37.0 Å². The van der Waals surface area contributed by atoms with Gasteiger partial charge in [0.05, 0.1) is 26.2 Å². The molecule has 5 heteroatoms. The average molecular weight is 333 g/mol. The zero-order valence-corrected chi connectivity index (χ0v) is 14.6. The van der Waals surface area contributed by atoms with Gasteiger partial charge >= 0.3 is 0 Å². The number of carbonyl (C=O) groups is 1. The van der Waals surface area contributed by atoms with Gasteiger partial charge in [-0.1, -0.05) is 12.1 Å². The molecule has 1 aromatic carbocycles. The van der Waals surface area contributed by atoms with E-state index in [2.05, 4.69) is 0 Å². The summed E-state index contributed by atoms with van der Waals surface area (Å²) in [6, 6.07) is 7.72. The summed E-state index contributed by atoms with van der Waals surface area (Å²) in [6.45, 7) is 2.97. The van der Waals surface area contributed by atoms with Gasteiger partial charge < -0.3 is 19.1 Å². The predicted octanol–water partition coefficient (Wildman–Crippen LogP) is 2.28. The molecule has 1 amide bonds. The van der Waals surface area contributed by atoms with Gasteiger partial charge in [-0.15, -0.1) is 0 Å². The number of likely N-dealkylation sites (tertiary alicyclic amines) is 1. The van der Waals surface area contributed by atoms with E-state index < -0.39 is 0 Å². The molecule has 0 N–H and O–H groups in total. The van der Waals surface area contributed by atoms with E-state index in [1.807, 2.05) is 29.2 Å². The maximum Gasteiger partial charge on any atom is 0.227 e. The smallest absolute Gasteiger partial charge is 0.227 e. The van der Waals surface area contributed by atoms with E-state index in [1.54, 1.807) is 14.2 Å². The summed E-state index contributed by atoms with van der Waals surface area (Å²) < 4.78 is 16.7. The average Bonchev–Trinajstić information content (AvgIpc) is 2.61. The van der Waals surface area contributed by atoms with Crippen molar-refractivity contribution in [1.82, 2.24) is 4.90 Å². The third kappa shape index (κ3) is 3.57. The molecule has 3 rings (SSSR count). The van der Waals surface area contributed by atoms with E-state index in [4.69, 9.17) is 14.2 Å². The molecule has 2 atom stereocenters. The summed E-state index contributed by atoms with van der Waals surface area (Å²) in [7, 11) is 3.38. The highest BCUT2D eigenvalue weighted by atomic mass is 16.5. The van der Waals surface area contributed by atoms with Crippen molar-refractivity contribution in [2.75, 3.05) is 40.5 Å². The molecule has 2 heterocycles. The van der Waals surface area contributed by atoms with Gasteiger partial charge in [0, 0.05) is 32.2 Å². The lowest BCUT2D eigenvalue weighted by Crippen LogP contribution is -2.58. The lowest BCUT2D eigenvalue weighted by molar-refractivity contribution is -0.161. The molecule has 0 unspecified atom stereocenters. The van der Waals surface area contributed by atoms with E-state index >= 15 is 0 Å². The quantitative estimate of drug-likeness (QED) is 0.829. The molecule has 2 aliphatic rings. The number of rotatable bonds is 5. The second kappa shape index (κ2) is 7.53. The van der Waals surface area contributed by atoms with Gasteiger partial charge in [0.2, 0.25) is 5.91 Å². The maximum atomic E-state index is 12.8. The number of nitrogens with zero attached hydrogens (tertiary/aromatic N) is 1. The van der Waals surface area contributed by atoms with Crippen molar-refractivity contribution in [2.24, 2.45) is 5.41 Å². The highest BCUT2D eigenvalue weighted by molar-refractivity contribution is 5.79. The summed E-state index contributed by atoms with van der Waals surface area (Å²) in [6.07, 6.45) is 3.62. The van der Waals surface area contributed by atoms with Crippen LogP contribution in [0.25, 0.3) is 0 Å². The lowest BCUT2D eigenvalue weighted by atomic mass is 9.73. The van der Waals surface area contributed by atoms with Crippen LogP contribution in [0.5, 0.6) is 5.75 Å². The van der Waals surface area contributed by atoms with Crippen LogP contribution in [0.1, 0.15) is 24.8 Å².